The number of hydrogen-bond donors (Lipinski definition) is 0. The van der Waals surface area contributed by atoms with Crippen molar-refractivity contribution < 1.29 is 0 Å². The summed E-state index contributed by atoms with van der Waals surface area (Å²) in [5.41, 5.74) is 9.26. The molecule has 0 unspecified atom stereocenters. The van der Waals surface area contributed by atoms with Gasteiger partial charge in [0.05, 0.1) is 0 Å². The van der Waals surface area contributed by atoms with Crippen molar-refractivity contribution in [1.29, 1.82) is 0 Å². The topological polar surface area (TPSA) is 0 Å². The Morgan fingerprint density at radius 1 is 0.593 bits per heavy atom. The first-order valence-corrected chi connectivity index (χ1v) is 10.6. The lowest BCUT2D eigenvalue weighted by molar-refractivity contribution is 0.280. The first-order valence-electron chi connectivity index (χ1n) is 10.6. The molecule has 3 rings (SSSR count). The molecule has 0 N–H and O–H groups in total. The zero-order valence-electron chi connectivity index (χ0n) is 19.1. The zero-order chi connectivity index (χ0) is 20.4. The van der Waals surface area contributed by atoms with Gasteiger partial charge in [0.2, 0.25) is 0 Å². The van der Waals surface area contributed by atoms with Crippen molar-refractivity contribution in [1.82, 2.24) is 0 Å². The molecule has 0 spiro atoms. The van der Waals surface area contributed by atoms with Crippen LogP contribution < -0.4 is 0 Å². The van der Waals surface area contributed by atoms with Crippen LogP contribution in [0.3, 0.4) is 0 Å². The molecule has 27 heavy (non-hydrogen) atoms. The van der Waals surface area contributed by atoms with E-state index >= 15 is 0 Å². The van der Waals surface area contributed by atoms with E-state index in [1.165, 1.54) is 33.4 Å². The molecule has 0 atom stereocenters. The van der Waals surface area contributed by atoms with Crippen LogP contribution in [0.5, 0.6) is 0 Å². The highest BCUT2D eigenvalue weighted by Gasteiger charge is 2.48. The van der Waals surface area contributed by atoms with Gasteiger partial charge in [0.15, 0.2) is 0 Å². The molecule has 0 heteroatoms. The molecule has 0 saturated carbocycles. The molecule has 0 heterocycles. The first-order chi connectivity index (χ1) is 12.3. The summed E-state index contributed by atoms with van der Waals surface area (Å²) in [7, 11) is 0. The van der Waals surface area contributed by atoms with Crippen molar-refractivity contribution >= 4 is 0 Å². The summed E-state index contributed by atoms with van der Waals surface area (Å²) in [5, 5.41) is 0. The fourth-order valence-electron chi connectivity index (χ4n) is 5.24. The second-order valence-electron chi connectivity index (χ2n) is 11.2. The van der Waals surface area contributed by atoms with E-state index in [4.69, 9.17) is 0 Å². The van der Waals surface area contributed by atoms with Crippen LogP contribution in [0.4, 0.5) is 0 Å². The Bertz CT molecular complexity index is 777. The standard InChI is InChI=1S/C27H38/c1-17(2)27(18(3)4)23-13-11-19(25(5,6)7)15-21(23)22-16-20(26(8,9)10)12-14-24(22)27/h11-18H,1-10H3. The third kappa shape index (κ3) is 2.96. The maximum atomic E-state index is 2.48. The normalized spacial score (nSPS) is 16.0. The molecule has 2 aromatic rings. The summed E-state index contributed by atoms with van der Waals surface area (Å²) in [6, 6.07) is 14.6. The Morgan fingerprint density at radius 2 is 0.926 bits per heavy atom. The molecule has 0 saturated heterocycles. The minimum absolute atomic E-state index is 0.0947. The van der Waals surface area contributed by atoms with E-state index in [0.717, 1.165) is 0 Å². The lowest BCUT2D eigenvalue weighted by atomic mass is 9.62. The maximum absolute atomic E-state index is 2.48. The number of fused-ring (bicyclic) bond motifs is 3. The van der Waals surface area contributed by atoms with Gasteiger partial charge in [-0.25, -0.2) is 0 Å². The van der Waals surface area contributed by atoms with E-state index in [1.807, 2.05) is 0 Å². The van der Waals surface area contributed by atoms with Crippen LogP contribution in [-0.4, -0.2) is 0 Å². The van der Waals surface area contributed by atoms with Gasteiger partial charge in [0.1, 0.15) is 0 Å². The van der Waals surface area contributed by atoms with E-state index in [1.54, 1.807) is 0 Å². The van der Waals surface area contributed by atoms with E-state index in [-0.39, 0.29) is 16.2 Å². The first kappa shape index (κ1) is 20.2. The fraction of sp³-hybridized carbons (Fsp3) is 0.556. The summed E-state index contributed by atoms with van der Waals surface area (Å²) in [6.07, 6.45) is 0. The van der Waals surface area contributed by atoms with Crippen LogP contribution in [0.15, 0.2) is 36.4 Å². The van der Waals surface area contributed by atoms with Crippen LogP contribution >= 0.6 is 0 Å². The summed E-state index contributed by atoms with van der Waals surface area (Å²) in [5.74, 6) is 1.11. The molecule has 0 fully saturated rings. The fourth-order valence-corrected chi connectivity index (χ4v) is 5.24. The quantitative estimate of drug-likeness (QED) is 0.510. The monoisotopic (exact) mass is 362 g/mol. The second kappa shape index (κ2) is 6.23. The lowest BCUT2D eigenvalue weighted by Crippen LogP contribution is -2.37. The van der Waals surface area contributed by atoms with Gasteiger partial charge >= 0.3 is 0 Å². The Balaban J connectivity index is 2.40. The Kier molecular flexibility index (Phi) is 4.65. The zero-order valence-corrected chi connectivity index (χ0v) is 19.1. The minimum atomic E-state index is 0.0947. The summed E-state index contributed by atoms with van der Waals surface area (Å²) in [4.78, 5) is 0. The van der Waals surface area contributed by atoms with Gasteiger partial charge in [-0.1, -0.05) is 106 Å². The molecule has 0 radical (unpaired) electrons. The van der Waals surface area contributed by atoms with Gasteiger partial charge in [0, 0.05) is 5.41 Å². The Morgan fingerprint density at radius 3 is 1.19 bits per heavy atom. The van der Waals surface area contributed by atoms with E-state index in [2.05, 4.69) is 106 Å². The molecular weight excluding hydrogens is 324 g/mol. The number of hydrogen-bond acceptors (Lipinski definition) is 0. The summed E-state index contributed by atoms with van der Waals surface area (Å²) in [6.45, 7) is 23.5. The third-order valence-corrected chi connectivity index (χ3v) is 6.77. The van der Waals surface area contributed by atoms with Crippen LogP contribution in [0.25, 0.3) is 11.1 Å². The van der Waals surface area contributed by atoms with E-state index in [0.29, 0.717) is 11.8 Å². The third-order valence-electron chi connectivity index (χ3n) is 6.77. The van der Waals surface area contributed by atoms with Crippen molar-refractivity contribution in [2.24, 2.45) is 11.8 Å². The molecule has 146 valence electrons. The highest BCUT2D eigenvalue weighted by Crippen LogP contribution is 2.57. The van der Waals surface area contributed by atoms with Gasteiger partial charge in [-0.3, -0.25) is 0 Å². The molecule has 2 aromatic carbocycles. The Labute approximate surface area is 167 Å². The highest BCUT2D eigenvalue weighted by molar-refractivity contribution is 5.82. The summed E-state index contributed by atoms with van der Waals surface area (Å²) < 4.78 is 0. The number of rotatable bonds is 2. The molecule has 1 aliphatic rings. The predicted octanol–water partition coefficient (Wildman–Crippen LogP) is 7.86. The summed E-state index contributed by atoms with van der Waals surface area (Å²) >= 11 is 0. The van der Waals surface area contributed by atoms with Crippen LogP contribution in [0.1, 0.15) is 91.5 Å². The van der Waals surface area contributed by atoms with Gasteiger partial charge in [0.25, 0.3) is 0 Å². The smallest absolute Gasteiger partial charge is 0.0261 e. The highest BCUT2D eigenvalue weighted by atomic mass is 14.5. The van der Waals surface area contributed by atoms with Crippen molar-refractivity contribution in [2.75, 3.05) is 0 Å². The van der Waals surface area contributed by atoms with E-state index in [9.17, 15) is 0 Å². The van der Waals surface area contributed by atoms with E-state index < -0.39 is 0 Å². The average Bonchev–Trinajstić information content (AvgIpc) is 2.83. The molecule has 0 nitrogen and oxygen atoms in total. The molecule has 0 aromatic heterocycles. The lowest BCUT2D eigenvalue weighted by Gasteiger charge is -2.40. The maximum Gasteiger partial charge on any atom is 0.0261 e. The average molecular weight is 363 g/mol. The van der Waals surface area contributed by atoms with Crippen molar-refractivity contribution in [3.63, 3.8) is 0 Å². The minimum Gasteiger partial charge on any atom is -0.0616 e. The number of benzene rings is 2. The van der Waals surface area contributed by atoms with Gasteiger partial charge in [-0.2, -0.15) is 0 Å². The Hall–Kier alpha value is -1.56. The SMILES string of the molecule is CC(C)C1(C(C)C)c2ccc(C(C)(C)C)cc2-c2cc(C(C)(C)C)ccc21. The predicted molar refractivity (Wildman–Crippen MR) is 120 cm³/mol. The van der Waals surface area contributed by atoms with Crippen LogP contribution in [-0.2, 0) is 16.2 Å². The van der Waals surface area contributed by atoms with Gasteiger partial charge in [-0.15, -0.1) is 0 Å². The molecule has 1 aliphatic carbocycles. The van der Waals surface area contributed by atoms with Gasteiger partial charge < -0.3 is 0 Å². The largest absolute Gasteiger partial charge is 0.0616 e. The molecule has 0 aliphatic heterocycles. The second-order valence-corrected chi connectivity index (χ2v) is 11.2. The molecule has 0 amide bonds. The van der Waals surface area contributed by atoms with Crippen molar-refractivity contribution in [3.8, 4) is 11.1 Å². The van der Waals surface area contributed by atoms with Gasteiger partial charge in [-0.05, 0) is 56.0 Å². The van der Waals surface area contributed by atoms with Crippen molar-refractivity contribution in [2.45, 2.75) is 85.5 Å². The molecule has 0 bridgehead atoms. The van der Waals surface area contributed by atoms with Crippen LogP contribution in [0, 0.1) is 11.8 Å². The van der Waals surface area contributed by atoms with Crippen LogP contribution in [0.2, 0.25) is 0 Å². The van der Waals surface area contributed by atoms with Crippen molar-refractivity contribution in [3.05, 3.63) is 58.7 Å². The molecular formula is C27H38.